The molecular formula is C15H16O2. The maximum atomic E-state index is 9.94. The van der Waals surface area contributed by atoms with Gasteiger partial charge in [0.15, 0.2) is 0 Å². The van der Waals surface area contributed by atoms with Crippen molar-refractivity contribution in [3.63, 3.8) is 0 Å². The lowest BCUT2D eigenvalue weighted by Gasteiger charge is -2.10. The Morgan fingerprint density at radius 3 is 2.18 bits per heavy atom. The van der Waals surface area contributed by atoms with Gasteiger partial charge in [-0.25, -0.2) is 0 Å². The Morgan fingerprint density at radius 2 is 1.59 bits per heavy atom. The third kappa shape index (κ3) is 2.59. The Labute approximate surface area is 101 Å². The second-order valence-corrected chi connectivity index (χ2v) is 4.42. The van der Waals surface area contributed by atoms with Crippen LogP contribution in [0.4, 0.5) is 0 Å². The SMILES string of the molecule is Cc1cc(C)c(Cc2ccc(O)cc2)c(O)c1. The van der Waals surface area contributed by atoms with Crippen molar-refractivity contribution in [2.75, 3.05) is 0 Å². The summed E-state index contributed by atoms with van der Waals surface area (Å²) in [5, 5.41) is 19.2. The van der Waals surface area contributed by atoms with E-state index in [2.05, 4.69) is 6.07 Å². The quantitative estimate of drug-likeness (QED) is 0.828. The molecule has 2 nitrogen and oxygen atoms in total. The molecule has 0 atom stereocenters. The minimum atomic E-state index is 0.263. The van der Waals surface area contributed by atoms with Crippen LogP contribution in [0.3, 0.4) is 0 Å². The Hall–Kier alpha value is -1.96. The van der Waals surface area contributed by atoms with Crippen LogP contribution in [-0.4, -0.2) is 10.2 Å². The molecule has 88 valence electrons. The predicted molar refractivity (Wildman–Crippen MR) is 68.5 cm³/mol. The van der Waals surface area contributed by atoms with Gasteiger partial charge >= 0.3 is 0 Å². The molecule has 2 aromatic rings. The number of rotatable bonds is 2. The topological polar surface area (TPSA) is 40.5 Å². The highest BCUT2D eigenvalue weighted by molar-refractivity contribution is 5.45. The highest BCUT2D eigenvalue weighted by Gasteiger charge is 2.07. The van der Waals surface area contributed by atoms with Gasteiger partial charge in [0.1, 0.15) is 11.5 Å². The van der Waals surface area contributed by atoms with E-state index in [0.29, 0.717) is 12.2 Å². The van der Waals surface area contributed by atoms with Gasteiger partial charge in [-0.15, -0.1) is 0 Å². The smallest absolute Gasteiger partial charge is 0.119 e. The van der Waals surface area contributed by atoms with Gasteiger partial charge in [0.25, 0.3) is 0 Å². The summed E-state index contributed by atoms with van der Waals surface area (Å²) in [6.45, 7) is 3.97. The number of aryl methyl sites for hydroxylation is 2. The molecule has 2 heteroatoms. The van der Waals surface area contributed by atoms with Gasteiger partial charge in [0, 0.05) is 12.0 Å². The first kappa shape index (κ1) is 11.5. The van der Waals surface area contributed by atoms with E-state index in [4.69, 9.17) is 0 Å². The van der Waals surface area contributed by atoms with Crippen LogP contribution in [0.2, 0.25) is 0 Å². The van der Waals surface area contributed by atoms with Gasteiger partial charge in [0.05, 0.1) is 0 Å². The minimum Gasteiger partial charge on any atom is -0.508 e. The van der Waals surface area contributed by atoms with Crippen LogP contribution in [0, 0.1) is 13.8 Å². The average molecular weight is 228 g/mol. The van der Waals surface area contributed by atoms with Crippen molar-refractivity contribution in [3.8, 4) is 11.5 Å². The minimum absolute atomic E-state index is 0.263. The molecule has 0 fully saturated rings. The number of hydrogen-bond acceptors (Lipinski definition) is 2. The zero-order valence-electron chi connectivity index (χ0n) is 10.1. The normalized spacial score (nSPS) is 10.5. The number of benzene rings is 2. The van der Waals surface area contributed by atoms with E-state index >= 15 is 0 Å². The number of phenols is 2. The van der Waals surface area contributed by atoms with Crippen LogP contribution in [0.5, 0.6) is 11.5 Å². The molecule has 0 aliphatic heterocycles. The van der Waals surface area contributed by atoms with Crippen LogP contribution in [0.15, 0.2) is 36.4 Å². The van der Waals surface area contributed by atoms with E-state index in [-0.39, 0.29) is 5.75 Å². The zero-order chi connectivity index (χ0) is 12.4. The molecule has 2 rings (SSSR count). The summed E-state index contributed by atoms with van der Waals surface area (Å²) >= 11 is 0. The molecule has 0 heterocycles. The highest BCUT2D eigenvalue weighted by Crippen LogP contribution is 2.26. The fourth-order valence-corrected chi connectivity index (χ4v) is 2.02. The molecule has 0 unspecified atom stereocenters. The molecule has 0 saturated carbocycles. The van der Waals surface area contributed by atoms with Gasteiger partial charge in [-0.3, -0.25) is 0 Å². The zero-order valence-corrected chi connectivity index (χ0v) is 10.1. The molecule has 0 aliphatic rings. The summed E-state index contributed by atoms with van der Waals surface area (Å²) in [5.41, 5.74) is 4.18. The maximum absolute atomic E-state index is 9.94. The molecule has 0 spiro atoms. The number of hydrogen-bond donors (Lipinski definition) is 2. The van der Waals surface area contributed by atoms with Crippen LogP contribution in [-0.2, 0) is 6.42 Å². The number of phenolic OH excluding ortho intramolecular Hbond substituents is 2. The molecule has 0 aromatic heterocycles. The molecular weight excluding hydrogens is 212 g/mol. The molecule has 0 aliphatic carbocycles. The number of aromatic hydroxyl groups is 2. The third-order valence-electron chi connectivity index (χ3n) is 2.91. The van der Waals surface area contributed by atoms with E-state index < -0.39 is 0 Å². The lowest BCUT2D eigenvalue weighted by atomic mass is 9.98. The standard InChI is InChI=1S/C15H16O2/c1-10-7-11(2)14(15(17)8-10)9-12-3-5-13(16)6-4-12/h3-8,16-17H,9H2,1-2H3. The van der Waals surface area contributed by atoms with Crippen LogP contribution < -0.4 is 0 Å². The first-order valence-corrected chi connectivity index (χ1v) is 5.63. The molecule has 0 saturated heterocycles. The Bertz CT molecular complexity index is 504. The largest absolute Gasteiger partial charge is 0.508 e. The van der Waals surface area contributed by atoms with Crippen LogP contribution in [0.25, 0.3) is 0 Å². The van der Waals surface area contributed by atoms with Gasteiger partial charge in [0.2, 0.25) is 0 Å². The summed E-state index contributed by atoms with van der Waals surface area (Å²) in [6.07, 6.45) is 0.679. The fraction of sp³-hybridized carbons (Fsp3) is 0.200. The monoisotopic (exact) mass is 228 g/mol. The third-order valence-corrected chi connectivity index (χ3v) is 2.91. The lowest BCUT2D eigenvalue weighted by Crippen LogP contribution is -1.93. The first-order chi connectivity index (χ1) is 8.06. The molecule has 0 radical (unpaired) electrons. The summed E-state index contributed by atoms with van der Waals surface area (Å²) in [6, 6.07) is 10.9. The van der Waals surface area contributed by atoms with Crippen LogP contribution in [0.1, 0.15) is 22.3 Å². The molecule has 17 heavy (non-hydrogen) atoms. The van der Waals surface area contributed by atoms with E-state index in [1.165, 1.54) is 0 Å². The molecule has 2 N–H and O–H groups in total. The van der Waals surface area contributed by atoms with Crippen molar-refractivity contribution in [3.05, 3.63) is 58.7 Å². The Kier molecular flexibility index (Phi) is 3.05. The van der Waals surface area contributed by atoms with E-state index in [1.54, 1.807) is 18.2 Å². The van der Waals surface area contributed by atoms with E-state index in [0.717, 1.165) is 22.3 Å². The van der Waals surface area contributed by atoms with Crippen molar-refractivity contribution in [2.24, 2.45) is 0 Å². The molecule has 2 aromatic carbocycles. The predicted octanol–water partition coefficient (Wildman–Crippen LogP) is 3.31. The van der Waals surface area contributed by atoms with Crippen molar-refractivity contribution < 1.29 is 10.2 Å². The van der Waals surface area contributed by atoms with Gasteiger partial charge in [-0.1, -0.05) is 18.2 Å². The summed E-state index contributed by atoms with van der Waals surface area (Å²) in [4.78, 5) is 0. The van der Waals surface area contributed by atoms with Crippen molar-refractivity contribution in [1.82, 2.24) is 0 Å². The van der Waals surface area contributed by atoms with Gasteiger partial charge < -0.3 is 10.2 Å². The first-order valence-electron chi connectivity index (χ1n) is 5.63. The van der Waals surface area contributed by atoms with E-state index in [9.17, 15) is 10.2 Å². The average Bonchev–Trinajstić information content (AvgIpc) is 2.26. The van der Waals surface area contributed by atoms with E-state index in [1.807, 2.05) is 26.0 Å². The fourth-order valence-electron chi connectivity index (χ4n) is 2.02. The van der Waals surface area contributed by atoms with Gasteiger partial charge in [-0.05, 0) is 48.7 Å². The van der Waals surface area contributed by atoms with Crippen LogP contribution >= 0.6 is 0 Å². The lowest BCUT2D eigenvalue weighted by molar-refractivity contribution is 0.468. The second kappa shape index (κ2) is 4.50. The van der Waals surface area contributed by atoms with Gasteiger partial charge in [-0.2, -0.15) is 0 Å². The second-order valence-electron chi connectivity index (χ2n) is 4.42. The summed E-state index contributed by atoms with van der Waals surface area (Å²) in [7, 11) is 0. The van der Waals surface area contributed by atoms with Crippen molar-refractivity contribution >= 4 is 0 Å². The summed E-state index contributed by atoms with van der Waals surface area (Å²) < 4.78 is 0. The maximum Gasteiger partial charge on any atom is 0.119 e. The van der Waals surface area contributed by atoms with Crippen molar-refractivity contribution in [1.29, 1.82) is 0 Å². The Balaban J connectivity index is 2.33. The summed E-state index contributed by atoms with van der Waals surface area (Å²) in [5.74, 6) is 0.606. The Morgan fingerprint density at radius 1 is 0.941 bits per heavy atom. The molecule has 0 amide bonds. The molecule has 0 bridgehead atoms. The van der Waals surface area contributed by atoms with Crippen molar-refractivity contribution in [2.45, 2.75) is 20.3 Å². The highest BCUT2D eigenvalue weighted by atomic mass is 16.3.